The van der Waals surface area contributed by atoms with Gasteiger partial charge in [-0.2, -0.15) is 0 Å². The Hall–Kier alpha value is 0.407. The lowest BCUT2D eigenvalue weighted by Gasteiger charge is -2.43. The highest BCUT2D eigenvalue weighted by Crippen LogP contribution is 2.31. The molecule has 0 aliphatic carbocycles. The first kappa shape index (κ1) is 22.4. The van der Waals surface area contributed by atoms with Gasteiger partial charge in [0.05, 0.1) is 0 Å². The summed E-state index contributed by atoms with van der Waals surface area (Å²) in [6, 6.07) is 1.03. The molecule has 0 aromatic heterocycles. The van der Waals surface area contributed by atoms with Crippen molar-refractivity contribution in [3.8, 4) is 0 Å². The maximum atomic E-state index is 5.58. The number of nitrogens with one attached hydrogen (secondary N) is 1. The highest BCUT2D eigenvalue weighted by Gasteiger charge is 2.34. The van der Waals surface area contributed by atoms with E-state index in [-0.39, 0.29) is 4.99 Å². The zero-order valence-corrected chi connectivity index (χ0v) is 17.6. The Kier molecular flexibility index (Phi) is 12.1. The van der Waals surface area contributed by atoms with Crippen LogP contribution in [0.4, 0.5) is 0 Å². The topological polar surface area (TPSA) is 33.7 Å². The Morgan fingerprint density at radius 3 is 2.09 bits per heavy atom. The van der Waals surface area contributed by atoms with Crippen LogP contribution in [0, 0.1) is 0 Å². The van der Waals surface area contributed by atoms with Crippen LogP contribution in [-0.4, -0.2) is 58.1 Å². The van der Waals surface area contributed by atoms with E-state index in [0.29, 0.717) is 0 Å². The van der Waals surface area contributed by atoms with E-state index in [1.807, 2.05) is 11.8 Å². The van der Waals surface area contributed by atoms with Gasteiger partial charge < -0.3 is 8.85 Å². The van der Waals surface area contributed by atoms with Crippen molar-refractivity contribution in [3.63, 3.8) is 0 Å². The molecule has 0 spiro atoms. The summed E-state index contributed by atoms with van der Waals surface area (Å²) in [7, 11) is 1.61. The molecule has 0 aliphatic rings. The number of hydrogen-bond acceptors (Lipinski definition) is 5. The monoisotopic (exact) mass is 350 g/mol. The molecule has 0 radical (unpaired) electrons. The normalized spacial score (nSPS) is 15.3. The second-order valence-electron chi connectivity index (χ2n) is 5.71. The molecule has 22 heavy (non-hydrogen) atoms. The largest absolute Gasteiger partial charge is 0.398 e. The quantitative estimate of drug-likeness (QED) is 0.292. The Labute approximate surface area is 144 Å². The highest BCUT2D eigenvalue weighted by atomic mass is 32.2. The van der Waals surface area contributed by atoms with Crippen LogP contribution in [0.5, 0.6) is 0 Å². The van der Waals surface area contributed by atoms with E-state index in [1.54, 1.807) is 14.2 Å². The van der Waals surface area contributed by atoms with Gasteiger partial charge in [-0.05, 0) is 50.8 Å². The van der Waals surface area contributed by atoms with Crippen LogP contribution in [0.2, 0.25) is 12.6 Å². The van der Waals surface area contributed by atoms with Crippen LogP contribution in [0.15, 0.2) is 0 Å². The van der Waals surface area contributed by atoms with Gasteiger partial charge >= 0.3 is 8.56 Å². The van der Waals surface area contributed by atoms with Crippen LogP contribution in [0.1, 0.15) is 47.0 Å². The standard InChI is InChI=1S/C16H38N2O2SSi/c1-8-13-16(21-11-4,18(9-2)10-3)17-14-12-15-22(7,19-5)20-6/h17H,8-15H2,1-7H3. The molecule has 1 N–H and O–H groups in total. The van der Waals surface area contributed by atoms with Crippen molar-refractivity contribution in [2.24, 2.45) is 0 Å². The van der Waals surface area contributed by atoms with Crippen LogP contribution in [0.3, 0.4) is 0 Å². The Morgan fingerprint density at radius 2 is 1.68 bits per heavy atom. The molecule has 0 bridgehead atoms. The lowest BCUT2D eigenvalue weighted by atomic mass is 10.2. The van der Waals surface area contributed by atoms with Gasteiger partial charge in [0.25, 0.3) is 0 Å². The molecular weight excluding hydrogens is 312 g/mol. The molecule has 0 fully saturated rings. The van der Waals surface area contributed by atoms with E-state index in [2.05, 4.69) is 44.5 Å². The SMILES string of the molecule is CCCC(NCCC[Si](C)(OC)OC)(SCC)N(CC)CC. The van der Waals surface area contributed by atoms with E-state index in [0.717, 1.165) is 37.9 Å². The molecule has 0 amide bonds. The molecule has 0 aromatic rings. The summed E-state index contributed by atoms with van der Waals surface area (Å²) in [4.78, 5) is 2.64. The molecular formula is C16H38N2O2SSi. The van der Waals surface area contributed by atoms with E-state index in [1.165, 1.54) is 12.8 Å². The fraction of sp³-hybridized carbons (Fsp3) is 1.00. The molecule has 1 unspecified atom stereocenters. The highest BCUT2D eigenvalue weighted by molar-refractivity contribution is 8.00. The maximum absolute atomic E-state index is 5.58. The summed E-state index contributed by atoms with van der Waals surface area (Å²) in [6.07, 6.45) is 3.47. The molecule has 134 valence electrons. The van der Waals surface area contributed by atoms with Gasteiger partial charge in [0.15, 0.2) is 0 Å². The molecule has 1 atom stereocenters. The third-order valence-corrected chi connectivity index (χ3v) is 8.68. The zero-order valence-electron chi connectivity index (χ0n) is 15.8. The fourth-order valence-corrected chi connectivity index (χ4v) is 5.73. The molecule has 6 heteroatoms. The van der Waals surface area contributed by atoms with Crippen molar-refractivity contribution >= 4 is 20.3 Å². The van der Waals surface area contributed by atoms with Gasteiger partial charge in [-0.15, -0.1) is 11.8 Å². The maximum Gasteiger partial charge on any atom is 0.334 e. The second kappa shape index (κ2) is 11.9. The lowest BCUT2D eigenvalue weighted by Crippen LogP contribution is -2.57. The van der Waals surface area contributed by atoms with E-state index in [9.17, 15) is 0 Å². The zero-order chi connectivity index (χ0) is 17.1. The van der Waals surface area contributed by atoms with Crippen LogP contribution >= 0.6 is 11.8 Å². The second-order valence-corrected chi connectivity index (χ2v) is 10.8. The molecule has 0 aliphatic heterocycles. The first-order valence-electron chi connectivity index (χ1n) is 8.71. The van der Waals surface area contributed by atoms with Gasteiger partial charge in [0.1, 0.15) is 4.99 Å². The molecule has 0 saturated carbocycles. The average Bonchev–Trinajstić information content (AvgIpc) is 2.53. The predicted octanol–water partition coefficient (Wildman–Crippen LogP) is 3.88. The van der Waals surface area contributed by atoms with Crippen molar-refractivity contribution in [3.05, 3.63) is 0 Å². The molecule has 0 aromatic carbocycles. The summed E-state index contributed by atoms with van der Waals surface area (Å²) in [5.41, 5.74) is 0. The molecule has 0 heterocycles. The van der Waals surface area contributed by atoms with E-state index >= 15 is 0 Å². The van der Waals surface area contributed by atoms with Crippen molar-refractivity contribution in [1.29, 1.82) is 0 Å². The van der Waals surface area contributed by atoms with Gasteiger partial charge in [-0.25, -0.2) is 0 Å². The van der Waals surface area contributed by atoms with Crippen molar-refractivity contribution in [2.45, 2.75) is 64.5 Å². The van der Waals surface area contributed by atoms with Crippen molar-refractivity contribution < 1.29 is 8.85 Å². The minimum absolute atomic E-state index is 0.0745. The summed E-state index contributed by atoms with van der Waals surface area (Å²) < 4.78 is 11.2. The Balaban J connectivity index is 4.70. The van der Waals surface area contributed by atoms with Crippen LogP contribution in [-0.2, 0) is 8.85 Å². The predicted molar refractivity (Wildman–Crippen MR) is 102 cm³/mol. The summed E-state index contributed by atoms with van der Waals surface area (Å²) in [6.45, 7) is 14.3. The van der Waals surface area contributed by atoms with Gasteiger partial charge in [0, 0.05) is 14.2 Å². The van der Waals surface area contributed by atoms with Crippen LogP contribution in [0.25, 0.3) is 0 Å². The third kappa shape index (κ3) is 6.89. The number of hydrogen-bond donors (Lipinski definition) is 1. The average molecular weight is 351 g/mol. The van der Waals surface area contributed by atoms with Crippen molar-refractivity contribution in [2.75, 3.05) is 39.6 Å². The van der Waals surface area contributed by atoms with Gasteiger partial charge in [0.2, 0.25) is 0 Å². The van der Waals surface area contributed by atoms with Gasteiger partial charge in [-0.3, -0.25) is 10.2 Å². The summed E-state index contributed by atoms with van der Waals surface area (Å²) in [5.74, 6) is 1.13. The summed E-state index contributed by atoms with van der Waals surface area (Å²) >= 11 is 2.04. The van der Waals surface area contributed by atoms with Crippen molar-refractivity contribution in [1.82, 2.24) is 10.2 Å². The molecule has 0 rings (SSSR count). The Morgan fingerprint density at radius 1 is 1.09 bits per heavy atom. The third-order valence-electron chi connectivity index (χ3n) is 4.32. The summed E-state index contributed by atoms with van der Waals surface area (Å²) in [5, 5.41) is 3.86. The Bertz CT molecular complexity index is 269. The number of nitrogens with zero attached hydrogens (tertiary/aromatic N) is 1. The first-order valence-corrected chi connectivity index (χ1v) is 12.2. The fourth-order valence-electron chi connectivity index (χ4n) is 2.87. The van der Waals surface area contributed by atoms with Crippen LogP contribution < -0.4 is 5.32 Å². The smallest absolute Gasteiger partial charge is 0.334 e. The van der Waals surface area contributed by atoms with E-state index < -0.39 is 8.56 Å². The minimum atomic E-state index is -1.93. The number of thioether (sulfide) groups is 1. The molecule has 4 nitrogen and oxygen atoms in total. The number of rotatable bonds is 14. The van der Waals surface area contributed by atoms with E-state index in [4.69, 9.17) is 8.85 Å². The lowest BCUT2D eigenvalue weighted by molar-refractivity contribution is 0.139. The minimum Gasteiger partial charge on any atom is -0.398 e. The first-order chi connectivity index (χ1) is 10.5. The van der Waals surface area contributed by atoms with Gasteiger partial charge in [-0.1, -0.05) is 34.1 Å². The molecule has 0 saturated heterocycles.